The Morgan fingerprint density at radius 1 is 0.970 bits per heavy atom. The Balaban J connectivity index is 1.83. The lowest BCUT2D eigenvalue weighted by atomic mass is 10.00. The molecule has 3 aromatic carbocycles. The van der Waals surface area contributed by atoms with Crippen molar-refractivity contribution in [3.05, 3.63) is 88.5 Å². The van der Waals surface area contributed by atoms with Crippen LogP contribution in [0.3, 0.4) is 0 Å². The molecule has 1 heterocycles. The number of hydrogen-bond donors (Lipinski definition) is 0. The van der Waals surface area contributed by atoms with Gasteiger partial charge in [-0.15, -0.1) is 0 Å². The van der Waals surface area contributed by atoms with Crippen molar-refractivity contribution >= 4 is 32.9 Å². The largest absolute Gasteiger partial charge is 0.415 e. The van der Waals surface area contributed by atoms with Gasteiger partial charge in [0.05, 0.1) is 0 Å². The van der Waals surface area contributed by atoms with Crippen molar-refractivity contribution in [2.45, 2.75) is 20.4 Å². The molecule has 0 radical (unpaired) electrons. The molecular formula is C26H23BrF2N2O2. The molecule has 0 aliphatic carbocycles. The summed E-state index contributed by atoms with van der Waals surface area (Å²) in [5.41, 5.74) is 2.74. The minimum Gasteiger partial charge on any atom is -0.410 e. The number of hydrogen-bond acceptors (Lipinski definition) is 2. The fourth-order valence-electron chi connectivity index (χ4n) is 3.90. The highest BCUT2D eigenvalue weighted by atomic mass is 79.9. The van der Waals surface area contributed by atoms with E-state index in [2.05, 4.69) is 15.9 Å². The summed E-state index contributed by atoms with van der Waals surface area (Å²) < 4.78 is 37.0. The zero-order valence-corrected chi connectivity index (χ0v) is 19.9. The van der Waals surface area contributed by atoms with E-state index >= 15 is 0 Å². The molecule has 0 saturated heterocycles. The fourth-order valence-corrected chi connectivity index (χ4v) is 4.16. The van der Waals surface area contributed by atoms with Crippen LogP contribution in [-0.4, -0.2) is 28.6 Å². The summed E-state index contributed by atoms with van der Waals surface area (Å²) in [5.74, 6) is -1.14. The first-order valence-corrected chi connectivity index (χ1v) is 11.5. The van der Waals surface area contributed by atoms with Crippen LogP contribution < -0.4 is 4.74 Å². The SMILES string of the molecule is CCN(CC)C(=O)Oc1ccc2c(ccn2Cc2ccc(Br)cc2)c1-c1cc(F)cc(F)c1. The number of ether oxygens (including phenoxy) is 1. The smallest absolute Gasteiger partial charge is 0.410 e. The molecule has 4 rings (SSSR count). The van der Waals surface area contributed by atoms with E-state index in [-0.39, 0.29) is 5.75 Å². The molecule has 0 unspecified atom stereocenters. The second-order valence-electron chi connectivity index (χ2n) is 7.64. The van der Waals surface area contributed by atoms with Crippen molar-refractivity contribution < 1.29 is 18.3 Å². The Morgan fingerprint density at radius 3 is 2.27 bits per heavy atom. The van der Waals surface area contributed by atoms with Crippen molar-refractivity contribution in [2.24, 2.45) is 0 Å². The van der Waals surface area contributed by atoms with Crippen LogP contribution in [-0.2, 0) is 6.54 Å². The van der Waals surface area contributed by atoms with Crippen molar-refractivity contribution in [3.8, 4) is 16.9 Å². The number of nitrogens with zero attached hydrogens (tertiary/aromatic N) is 2. The monoisotopic (exact) mass is 512 g/mol. The molecule has 0 atom stereocenters. The number of halogens is 3. The second-order valence-corrected chi connectivity index (χ2v) is 8.56. The van der Waals surface area contributed by atoms with Gasteiger partial charge in [0.25, 0.3) is 0 Å². The average Bonchev–Trinajstić information content (AvgIpc) is 3.18. The molecule has 0 bridgehead atoms. The minimum absolute atomic E-state index is 0.255. The molecule has 1 amide bonds. The summed E-state index contributed by atoms with van der Waals surface area (Å²) in [4.78, 5) is 14.2. The second kappa shape index (κ2) is 9.75. The normalized spacial score (nSPS) is 11.1. The van der Waals surface area contributed by atoms with E-state index in [0.29, 0.717) is 30.8 Å². The van der Waals surface area contributed by atoms with Crippen LogP contribution in [0.2, 0.25) is 0 Å². The third-order valence-electron chi connectivity index (χ3n) is 5.55. The quantitative estimate of drug-likeness (QED) is 0.273. The summed E-state index contributed by atoms with van der Waals surface area (Å²) in [6.45, 7) is 5.32. The van der Waals surface area contributed by atoms with E-state index in [0.717, 1.165) is 27.0 Å². The molecule has 4 aromatic rings. The molecule has 4 nitrogen and oxygen atoms in total. The zero-order valence-electron chi connectivity index (χ0n) is 18.3. The van der Waals surface area contributed by atoms with E-state index in [9.17, 15) is 13.6 Å². The maximum atomic E-state index is 14.1. The van der Waals surface area contributed by atoms with Gasteiger partial charge in [0.1, 0.15) is 17.4 Å². The van der Waals surface area contributed by atoms with Crippen LogP contribution >= 0.6 is 15.9 Å². The number of aromatic nitrogens is 1. The first-order chi connectivity index (χ1) is 15.9. The highest BCUT2D eigenvalue weighted by Gasteiger charge is 2.20. The van der Waals surface area contributed by atoms with Gasteiger partial charge in [-0.25, -0.2) is 13.6 Å². The lowest BCUT2D eigenvalue weighted by Crippen LogP contribution is -2.33. The number of carbonyl (C=O) groups is 1. The van der Waals surface area contributed by atoms with Crippen LogP contribution in [0.5, 0.6) is 5.75 Å². The van der Waals surface area contributed by atoms with Crippen LogP contribution in [0.15, 0.2) is 71.3 Å². The highest BCUT2D eigenvalue weighted by molar-refractivity contribution is 9.10. The molecule has 0 fully saturated rings. The lowest BCUT2D eigenvalue weighted by Gasteiger charge is -2.20. The molecule has 170 valence electrons. The number of rotatable bonds is 6. The maximum Gasteiger partial charge on any atom is 0.415 e. The average molecular weight is 513 g/mol. The Kier molecular flexibility index (Phi) is 6.79. The van der Waals surface area contributed by atoms with E-state index in [1.165, 1.54) is 12.1 Å². The van der Waals surface area contributed by atoms with Crippen molar-refractivity contribution in [3.63, 3.8) is 0 Å². The molecular weight excluding hydrogens is 490 g/mol. The molecule has 0 N–H and O–H groups in total. The van der Waals surface area contributed by atoms with Crippen molar-refractivity contribution in [1.82, 2.24) is 9.47 Å². The van der Waals surface area contributed by atoms with Crippen LogP contribution in [0.4, 0.5) is 13.6 Å². The molecule has 0 aliphatic heterocycles. The summed E-state index contributed by atoms with van der Waals surface area (Å²) in [5, 5.41) is 0.738. The summed E-state index contributed by atoms with van der Waals surface area (Å²) in [7, 11) is 0. The summed E-state index contributed by atoms with van der Waals surface area (Å²) in [6.07, 6.45) is 1.41. The Labute approximate surface area is 199 Å². The molecule has 0 spiro atoms. The maximum absolute atomic E-state index is 14.1. The van der Waals surface area contributed by atoms with Crippen molar-refractivity contribution in [2.75, 3.05) is 13.1 Å². The van der Waals surface area contributed by atoms with E-state index < -0.39 is 17.7 Å². The van der Waals surface area contributed by atoms with Gasteiger partial charge in [-0.1, -0.05) is 28.1 Å². The van der Waals surface area contributed by atoms with Gasteiger partial charge in [0, 0.05) is 52.8 Å². The molecule has 0 aliphatic rings. The van der Waals surface area contributed by atoms with Gasteiger partial charge >= 0.3 is 6.09 Å². The van der Waals surface area contributed by atoms with E-state index in [1.54, 1.807) is 11.0 Å². The van der Waals surface area contributed by atoms with Crippen LogP contribution in [0.25, 0.3) is 22.0 Å². The first kappa shape index (κ1) is 23.0. The number of amides is 1. The zero-order chi connectivity index (χ0) is 23.5. The first-order valence-electron chi connectivity index (χ1n) is 10.7. The molecule has 33 heavy (non-hydrogen) atoms. The van der Waals surface area contributed by atoms with Gasteiger partial charge in [0.2, 0.25) is 0 Å². The Bertz CT molecular complexity index is 1280. The van der Waals surface area contributed by atoms with Gasteiger partial charge in [-0.05, 0) is 67.4 Å². The molecule has 0 saturated carbocycles. The summed E-state index contributed by atoms with van der Waals surface area (Å²) in [6, 6.07) is 16.7. The fraction of sp³-hybridized carbons (Fsp3) is 0.192. The van der Waals surface area contributed by atoms with Gasteiger partial charge in [-0.2, -0.15) is 0 Å². The number of carbonyl (C=O) groups excluding carboxylic acids is 1. The third kappa shape index (κ3) is 4.93. The molecule has 7 heteroatoms. The minimum atomic E-state index is -0.697. The third-order valence-corrected chi connectivity index (χ3v) is 6.08. The van der Waals surface area contributed by atoms with E-state index in [1.807, 2.05) is 61.0 Å². The lowest BCUT2D eigenvalue weighted by molar-refractivity contribution is 0.157. The standard InChI is InChI=1S/C26H23BrF2N2O2/c1-3-30(4-2)26(32)33-24-10-9-23-22(25(24)18-13-20(28)15-21(29)14-18)11-12-31(23)16-17-5-7-19(27)8-6-17/h5-15H,3-4,16H2,1-2H3. The van der Waals surface area contributed by atoms with Gasteiger partial charge < -0.3 is 14.2 Å². The number of fused-ring (bicyclic) bond motifs is 1. The van der Waals surface area contributed by atoms with Crippen molar-refractivity contribution in [1.29, 1.82) is 0 Å². The predicted octanol–water partition coefficient (Wildman–Crippen LogP) is 7.24. The van der Waals surface area contributed by atoms with Crippen LogP contribution in [0, 0.1) is 11.6 Å². The Hall–Kier alpha value is -3.19. The predicted molar refractivity (Wildman–Crippen MR) is 129 cm³/mol. The molecule has 1 aromatic heterocycles. The summed E-state index contributed by atoms with van der Waals surface area (Å²) >= 11 is 3.45. The van der Waals surface area contributed by atoms with Gasteiger partial charge in [0.15, 0.2) is 0 Å². The van der Waals surface area contributed by atoms with E-state index in [4.69, 9.17) is 4.74 Å². The van der Waals surface area contributed by atoms with Gasteiger partial charge in [-0.3, -0.25) is 0 Å². The number of benzene rings is 3. The highest BCUT2D eigenvalue weighted by Crippen LogP contribution is 2.39. The Morgan fingerprint density at radius 2 is 1.64 bits per heavy atom. The topological polar surface area (TPSA) is 34.5 Å². The van der Waals surface area contributed by atoms with Crippen LogP contribution in [0.1, 0.15) is 19.4 Å².